The number of thioether (sulfide) groups is 1. The van der Waals surface area contributed by atoms with Gasteiger partial charge in [0.15, 0.2) is 0 Å². The number of carbonyl (C=O) groups excluding carboxylic acids is 2. The fraction of sp³-hybridized carbons (Fsp3) is 0.636. The topological polar surface area (TPSA) is 76.7 Å². The van der Waals surface area contributed by atoms with Crippen LogP contribution in [-0.4, -0.2) is 78.1 Å². The molecule has 3 saturated heterocycles. The molecular weight excluding hydrogens is 398 g/mol. The van der Waals surface area contributed by atoms with Gasteiger partial charge in [0.2, 0.25) is 5.91 Å². The van der Waals surface area contributed by atoms with E-state index in [1.165, 1.54) is 5.56 Å². The van der Waals surface area contributed by atoms with Crippen molar-refractivity contribution in [3.05, 3.63) is 29.8 Å². The maximum absolute atomic E-state index is 12.4. The third kappa shape index (κ3) is 5.68. The highest BCUT2D eigenvalue weighted by molar-refractivity contribution is 8.00. The number of amides is 3. The highest BCUT2D eigenvalue weighted by atomic mass is 32.2. The minimum atomic E-state index is -0.0375. The Morgan fingerprint density at radius 2 is 2.03 bits per heavy atom. The Labute approximate surface area is 183 Å². The zero-order valence-corrected chi connectivity index (χ0v) is 18.5. The Morgan fingerprint density at radius 3 is 2.87 bits per heavy atom. The maximum atomic E-state index is 12.4. The number of carbonyl (C=O) groups is 2. The van der Waals surface area contributed by atoms with E-state index in [2.05, 4.69) is 44.9 Å². The van der Waals surface area contributed by atoms with E-state index < -0.39 is 0 Å². The lowest BCUT2D eigenvalue weighted by Gasteiger charge is -2.32. The van der Waals surface area contributed by atoms with Gasteiger partial charge in [-0.15, -0.1) is 0 Å². The molecule has 3 N–H and O–H groups in total. The van der Waals surface area contributed by atoms with E-state index in [1.54, 1.807) is 0 Å². The van der Waals surface area contributed by atoms with Gasteiger partial charge in [-0.3, -0.25) is 9.69 Å². The molecule has 30 heavy (non-hydrogen) atoms. The molecule has 0 radical (unpaired) electrons. The lowest BCUT2D eigenvalue weighted by Crippen LogP contribution is -2.43. The van der Waals surface area contributed by atoms with Gasteiger partial charge in [0.25, 0.3) is 0 Å². The summed E-state index contributed by atoms with van der Waals surface area (Å²) in [4.78, 5) is 28.7. The van der Waals surface area contributed by atoms with E-state index >= 15 is 0 Å². The number of benzene rings is 1. The molecule has 0 aliphatic carbocycles. The molecule has 0 bridgehead atoms. The van der Waals surface area contributed by atoms with Crippen LogP contribution in [0.1, 0.15) is 31.2 Å². The number of fused-ring (bicyclic) bond motifs is 1. The van der Waals surface area contributed by atoms with Crippen molar-refractivity contribution >= 4 is 29.4 Å². The molecule has 0 saturated carbocycles. The predicted octanol–water partition coefficient (Wildman–Crippen LogP) is 2.10. The Kier molecular flexibility index (Phi) is 7.17. The van der Waals surface area contributed by atoms with Crippen molar-refractivity contribution in [1.82, 2.24) is 20.4 Å². The molecular formula is C22H33N5O2S. The first-order valence-electron chi connectivity index (χ1n) is 11.0. The third-order valence-corrected chi connectivity index (χ3v) is 7.80. The molecule has 4 rings (SSSR count). The number of unbranched alkanes of at least 4 members (excludes halogenated alkanes) is 1. The first kappa shape index (κ1) is 21.5. The number of nitrogens with one attached hydrogen (secondary N) is 3. The number of rotatable bonds is 8. The Morgan fingerprint density at radius 1 is 1.20 bits per heavy atom. The van der Waals surface area contributed by atoms with Gasteiger partial charge in [-0.25, -0.2) is 4.79 Å². The number of hydrogen-bond acceptors (Lipinski definition) is 5. The average molecular weight is 432 g/mol. The maximum Gasteiger partial charge on any atom is 0.315 e. The van der Waals surface area contributed by atoms with E-state index in [0.717, 1.165) is 63.4 Å². The largest absolute Gasteiger partial charge is 0.332 e. The Hall–Kier alpha value is -1.77. The van der Waals surface area contributed by atoms with Crippen molar-refractivity contribution in [3.63, 3.8) is 0 Å². The molecule has 0 unspecified atom stereocenters. The minimum Gasteiger partial charge on any atom is -0.332 e. The van der Waals surface area contributed by atoms with Crippen molar-refractivity contribution in [2.24, 2.45) is 0 Å². The molecule has 0 aromatic heterocycles. The van der Waals surface area contributed by atoms with Gasteiger partial charge in [0.05, 0.1) is 12.1 Å². The molecule has 7 nitrogen and oxygen atoms in total. The number of hydrogen-bond donors (Lipinski definition) is 3. The number of anilines is 1. The Balaban J connectivity index is 1.16. The van der Waals surface area contributed by atoms with Crippen LogP contribution in [-0.2, 0) is 11.3 Å². The van der Waals surface area contributed by atoms with Crippen molar-refractivity contribution in [2.75, 3.05) is 44.3 Å². The van der Waals surface area contributed by atoms with E-state index in [9.17, 15) is 9.59 Å². The number of likely N-dealkylation sites (N-methyl/N-ethyl adjacent to an activating group) is 1. The van der Waals surface area contributed by atoms with Crippen LogP contribution in [0.15, 0.2) is 24.3 Å². The van der Waals surface area contributed by atoms with Crippen LogP contribution in [0.25, 0.3) is 0 Å². The summed E-state index contributed by atoms with van der Waals surface area (Å²) in [5.41, 5.74) is 2.14. The van der Waals surface area contributed by atoms with Crippen LogP contribution >= 0.6 is 11.8 Å². The monoisotopic (exact) mass is 431 g/mol. The normalized spacial score (nSPS) is 26.8. The smallest absolute Gasteiger partial charge is 0.315 e. The van der Waals surface area contributed by atoms with Gasteiger partial charge in [-0.05, 0) is 37.6 Å². The number of nitrogens with zero attached hydrogens (tertiary/aromatic N) is 2. The Bertz CT molecular complexity index is 753. The molecule has 1 aromatic carbocycles. The van der Waals surface area contributed by atoms with Crippen LogP contribution in [0.4, 0.5) is 10.5 Å². The quantitative estimate of drug-likeness (QED) is 0.434. The summed E-state index contributed by atoms with van der Waals surface area (Å²) in [6, 6.07) is 8.71. The molecule has 164 valence electrons. The molecule has 3 fully saturated rings. The molecule has 0 spiro atoms. The van der Waals surface area contributed by atoms with Gasteiger partial charge in [-0.1, -0.05) is 18.6 Å². The van der Waals surface area contributed by atoms with Gasteiger partial charge < -0.3 is 20.9 Å². The molecule has 3 amide bonds. The van der Waals surface area contributed by atoms with Crippen LogP contribution < -0.4 is 16.0 Å². The number of urea groups is 1. The van der Waals surface area contributed by atoms with Crippen LogP contribution in [0.5, 0.6) is 0 Å². The number of piperazine rings is 1. The summed E-state index contributed by atoms with van der Waals surface area (Å²) in [5.74, 6) is 1.07. The van der Waals surface area contributed by atoms with E-state index in [4.69, 9.17) is 0 Å². The zero-order chi connectivity index (χ0) is 20.9. The summed E-state index contributed by atoms with van der Waals surface area (Å²) in [6.07, 6.45) is 3.47. The van der Waals surface area contributed by atoms with Crippen molar-refractivity contribution < 1.29 is 9.59 Å². The molecule has 3 aliphatic rings. The van der Waals surface area contributed by atoms with Crippen LogP contribution in [0.2, 0.25) is 0 Å². The second kappa shape index (κ2) is 10.0. The average Bonchev–Trinajstić information content (AvgIpc) is 3.27. The van der Waals surface area contributed by atoms with E-state index in [-0.39, 0.29) is 24.0 Å². The lowest BCUT2D eigenvalue weighted by molar-refractivity contribution is -0.116. The van der Waals surface area contributed by atoms with Crippen molar-refractivity contribution in [2.45, 2.75) is 49.6 Å². The first-order chi connectivity index (χ1) is 14.6. The van der Waals surface area contributed by atoms with Gasteiger partial charge in [0, 0.05) is 55.8 Å². The van der Waals surface area contributed by atoms with Gasteiger partial charge in [0.1, 0.15) is 0 Å². The highest BCUT2D eigenvalue weighted by Crippen LogP contribution is 2.33. The molecule has 1 aromatic rings. The fourth-order valence-electron chi connectivity index (χ4n) is 4.51. The summed E-state index contributed by atoms with van der Waals surface area (Å²) in [6.45, 7) is 5.34. The zero-order valence-electron chi connectivity index (χ0n) is 17.7. The molecule has 3 heterocycles. The van der Waals surface area contributed by atoms with E-state index in [0.29, 0.717) is 11.7 Å². The van der Waals surface area contributed by atoms with Gasteiger partial charge >= 0.3 is 6.03 Å². The molecule has 3 atom stereocenters. The molecule has 3 aliphatic heterocycles. The lowest BCUT2D eigenvalue weighted by atomic mass is 10.0. The molecule has 8 heteroatoms. The first-order valence-corrected chi connectivity index (χ1v) is 12.1. The van der Waals surface area contributed by atoms with E-state index in [1.807, 2.05) is 23.9 Å². The second-order valence-electron chi connectivity index (χ2n) is 8.70. The summed E-state index contributed by atoms with van der Waals surface area (Å²) in [7, 11) is 2.17. The highest BCUT2D eigenvalue weighted by Gasteiger charge is 2.42. The predicted molar refractivity (Wildman–Crippen MR) is 122 cm³/mol. The fourth-order valence-corrected chi connectivity index (χ4v) is 6.05. The van der Waals surface area contributed by atoms with Gasteiger partial charge in [-0.2, -0.15) is 11.8 Å². The summed E-state index contributed by atoms with van der Waals surface area (Å²) in [5, 5.41) is 9.52. The summed E-state index contributed by atoms with van der Waals surface area (Å²) < 4.78 is 0. The second-order valence-corrected chi connectivity index (χ2v) is 9.97. The summed E-state index contributed by atoms with van der Waals surface area (Å²) >= 11 is 1.93. The van der Waals surface area contributed by atoms with Crippen molar-refractivity contribution in [1.29, 1.82) is 0 Å². The van der Waals surface area contributed by atoms with Crippen LogP contribution in [0.3, 0.4) is 0 Å². The standard InChI is InChI=1S/C22H33N5O2S/c1-26-9-11-27(12-10-26)14-16-5-4-6-17(13-16)23-20(28)8-3-2-7-19-21-18(15-30-19)24-22(29)25-21/h4-6,13,18-19,21H,2-3,7-12,14-15H2,1H3,(H,23,28)(H2,24,25,29)/t18-,19-,21-/m0/s1. The minimum absolute atomic E-state index is 0.0375. The third-order valence-electron chi connectivity index (χ3n) is 6.29. The SMILES string of the molecule is CN1CCN(Cc2cccc(NC(=O)CCCC[C@@H]3SC[C@@H]4NC(=O)N[C@@H]43)c2)CC1. The van der Waals surface area contributed by atoms with Crippen LogP contribution in [0, 0.1) is 0 Å². The van der Waals surface area contributed by atoms with Crippen molar-refractivity contribution in [3.8, 4) is 0 Å².